The van der Waals surface area contributed by atoms with Gasteiger partial charge in [-0.15, -0.1) is 0 Å². The first-order valence-electron chi connectivity index (χ1n) is 10.3. The minimum absolute atomic E-state index is 0.143. The standard InChI is InChI=1S/C20H40O8/c1-3-4-5-6-7-20(21)28-19-18-27-17-16-26-15-14-25-13-12-24-11-10-23-9-8-22-2/h3-19H2,1-2H3. The van der Waals surface area contributed by atoms with Crippen molar-refractivity contribution in [1.29, 1.82) is 0 Å². The monoisotopic (exact) mass is 408 g/mol. The highest BCUT2D eigenvalue weighted by molar-refractivity contribution is 5.69. The summed E-state index contributed by atoms with van der Waals surface area (Å²) in [5.41, 5.74) is 0. The zero-order valence-electron chi connectivity index (χ0n) is 17.8. The Kier molecular flexibility index (Phi) is 23.6. The molecule has 168 valence electrons. The molecule has 0 saturated heterocycles. The van der Waals surface area contributed by atoms with Gasteiger partial charge in [-0.25, -0.2) is 0 Å². The number of ether oxygens (including phenoxy) is 7. The minimum atomic E-state index is -0.143. The predicted molar refractivity (Wildman–Crippen MR) is 106 cm³/mol. The molecule has 0 saturated carbocycles. The van der Waals surface area contributed by atoms with E-state index in [1.165, 1.54) is 6.42 Å². The summed E-state index contributed by atoms with van der Waals surface area (Å²) in [6.07, 6.45) is 4.81. The second-order valence-corrected chi connectivity index (χ2v) is 6.09. The number of hydrogen-bond acceptors (Lipinski definition) is 8. The zero-order valence-corrected chi connectivity index (χ0v) is 17.8. The van der Waals surface area contributed by atoms with Crippen LogP contribution in [0.1, 0.15) is 39.0 Å². The van der Waals surface area contributed by atoms with E-state index in [4.69, 9.17) is 33.2 Å². The molecular formula is C20H40O8. The third-order valence-corrected chi connectivity index (χ3v) is 3.65. The number of carbonyl (C=O) groups excluding carboxylic acids is 1. The summed E-state index contributed by atoms with van der Waals surface area (Å²) in [6, 6.07) is 0. The van der Waals surface area contributed by atoms with Crippen molar-refractivity contribution >= 4 is 5.97 Å². The highest BCUT2D eigenvalue weighted by atomic mass is 16.6. The lowest BCUT2D eigenvalue weighted by molar-refractivity contribution is -0.145. The molecule has 0 aromatic heterocycles. The summed E-state index contributed by atoms with van der Waals surface area (Å²) in [5, 5.41) is 0. The van der Waals surface area contributed by atoms with Gasteiger partial charge >= 0.3 is 5.97 Å². The van der Waals surface area contributed by atoms with Gasteiger partial charge < -0.3 is 33.2 Å². The normalized spacial score (nSPS) is 11.1. The van der Waals surface area contributed by atoms with E-state index in [-0.39, 0.29) is 5.97 Å². The van der Waals surface area contributed by atoms with Crippen LogP contribution in [0.15, 0.2) is 0 Å². The van der Waals surface area contributed by atoms with Gasteiger partial charge in [-0.05, 0) is 6.42 Å². The molecule has 0 atom stereocenters. The average molecular weight is 409 g/mol. The van der Waals surface area contributed by atoms with E-state index in [0.717, 1.165) is 19.3 Å². The third-order valence-electron chi connectivity index (χ3n) is 3.65. The molecule has 0 heterocycles. The fourth-order valence-corrected chi connectivity index (χ4v) is 2.11. The van der Waals surface area contributed by atoms with E-state index in [1.807, 2.05) is 0 Å². The first-order valence-corrected chi connectivity index (χ1v) is 10.3. The van der Waals surface area contributed by atoms with Gasteiger partial charge in [0.05, 0.1) is 72.7 Å². The number of methoxy groups -OCH3 is 1. The molecule has 0 aliphatic carbocycles. The molecule has 0 unspecified atom stereocenters. The van der Waals surface area contributed by atoms with Crippen molar-refractivity contribution in [3.05, 3.63) is 0 Å². The van der Waals surface area contributed by atoms with E-state index in [1.54, 1.807) is 7.11 Å². The van der Waals surface area contributed by atoms with Crippen LogP contribution < -0.4 is 0 Å². The van der Waals surface area contributed by atoms with Gasteiger partial charge in [-0.2, -0.15) is 0 Å². The number of hydrogen-bond donors (Lipinski definition) is 0. The molecule has 0 radical (unpaired) electrons. The summed E-state index contributed by atoms with van der Waals surface area (Å²) in [5.74, 6) is -0.143. The average Bonchev–Trinajstić information content (AvgIpc) is 2.70. The number of esters is 1. The molecule has 0 aromatic rings. The van der Waals surface area contributed by atoms with Crippen molar-refractivity contribution in [2.24, 2.45) is 0 Å². The second-order valence-electron chi connectivity index (χ2n) is 6.09. The first-order chi connectivity index (χ1) is 13.8. The Balaban J connectivity index is 3.07. The molecule has 0 aromatic carbocycles. The maximum Gasteiger partial charge on any atom is 0.305 e. The van der Waals surface area contributed by atoms with Crippen LogP contribution in [0, 0.1) is 0 Å². The molecule has 8 heteroatoms. The van der Waals surface area contributed by atoms with Gasteiger partial charge in [-0.1, -0.05) is 26.2 Å². The Bertz CT molecular complexity index is 315. The van der Waals surface area contributed by atoms with Crippen LogP contribution in [0.4, 0.5) is 0 Å². The molecular weight excluding hydrogens is 368 g/mol. The van der Waals surface area contributed by atoms with E-state index < -0.39 is 0 Å². The van der Waals surface area contributed by atoms with Gasteiger partial charge in [0.1, 0.15) is 6.61 Å². The van der Waals surface area contributed by atoms with Gasteiger partial charge in [0.25, 0.3) is 0 Å². The van der Waals surface area contributed by atoms with E-state index in [0.29, 0.717) is 85.7 Å². The number of carbonyl (C=O) groups is 1. The molecule has 0 fully saturated rings. The summed E-state index contributed by atoms with van der Waals surface area (Å²) in [6.45, 7) is 8.19. The SMILES string of the molecule is CCCCCCC(=O)OCCOCCOCCOCCOCCOCCOC. The second kappa shape index (κ2) is 24.3. The maximum atomic E-state index is 11.4. The van der Waals surface area contributed by atoms with Crippen molar-refractivity contribution in [3.8, 4) is 0 Å². The van der Waals surface area contributed by atoms with E-state index in [2.05, 4.69) is 6.92 Å². The highest BCUT2D eigenvalue weighted by Gasteiger charge is 2.02. The van der Waals surface area contributed by atoms with Crippen LogP contribution in [0.25, 0.3) is 0 Å². The fraction of sp³-hybridized carbons (Fsp3) is 0.950. The Hall–Kier alpha value is -0.770. The van der Waals surface area contributed by atoms with Crippen molar-refractivity contribution in [3.63, 3.8) is 0 Å². The highest BCUT2D eigenvalue weighted by Crippen LogP contribution is 2.03. The van der Waals surface area contributed by atoms with Gasteiger partial charge in [0.15, 0.2) is 0 Å². The van der Waals surface area contributed by atoms with Gasteiger partial charge in [0, 0.05) is 13.5 Å². The lowest BCUT2D eigenvalue weighted by atomic mass is 10.2. The molecule has 0 bridgehead atoms. The Labute approximate surface area is 170 Å². The summed E-state index contributed by atoms with van der Waals surface area (Å²) < 4.78 is 36.7. The molecule has 0 amide bonds. The lowest BCUT2D eigenvalue weighted by Gasteiger charge is -2.08. The topological polar surface area (TPSA) is 81.7 Å². The predicted octanol–water partition coefficient (Wildman–Crippen LogP) is 2.23. The Morgan fingerprint density at radius 2 is 1.00 bits per heavy atom. The lowest BCUT2D eigenvalue weighted by Crippen LogP contribution is -2.15. The minimum Gasteiger partial charge on any atom is -0.463 e. The molecule has 0 aliphatic heterocycles. The van der Waals surface area contributed by atoms with E-state index in [9.17, 15) is 4.79 Å². The van der Waals surface area contributed by atoms with E-state index >= 15 is 0 Å². The molecule has 0 aliphatic rings. The molecule has 0 N–H and O–H groups in total. The first kappa shape index (κ1) is 27.2. The maximum absolute atomic E-state index is 11.4. The van der Waals surface area contributed by atoms with Crippen molar-refractivity contribution in [2.75, 3.05) is 86.4 Å². The molecule has 0 rings (SSSR count). The van der Waals surface area contributed by atoms with Crippen LogP contribution in [0.3, 0.4) is 0 Å². The quantitative estimate of drug-likeness (QED) is 0.188. The zero-order chi connectivity index (χ0) is 20.5. The van der Waals surface area contributed by atoms with Crippen LogP contribution in [0.2, 0.25) is 0 Å². The van der Waals surface area contributed by atoms with Crippen LogP contribution in [-0.2, 0) is 38.0 Å². The van der Waals surface area contributed by atoms with Gasteiger partial charge in [0.2, 0.25) is 0 Å². The fourth-order valence-electron chi connectivity index (χ4n) is 2.11. The van der Waals surface area contributed by atoms with Crippen molar-refractivity contribution in [2.45, 2.75) is 39.0 Å². The number of unbranched alkanes of at least 4 members (excludes halogenated alkanes) is 3. The molecule has 8 nitrogen and oxygen atoms in total. The molecule has 0 spiro atoms. The smallest absolute Gasteiger partial charge is 0.305 e. The Morgan fingerprint density at radius 3 is 1.43 bits per heavy atom. The molecule has 28 heavy (non-hydrogen) atoms. The van der Waals surface area contributed by atoms with Crippen LogP contribution in [-0.4, -0.2) is 92.4 Å². The largest absolute Gasteiger partial charge is 0.463 e. The third kappa shape index (κ3) is 23.3. The van der Waals surface area contributed by atoms with Gasteiger partial charge in [-0.3, -0.25) is 4.79 Å². The summed E-state index contributed by atoms with van der Waals surface area (Å²) >= 11 is 0. The summed E-state index contributed by atoms with van der Waals surface area (Å²) in [4.78, 5) is 11.4. The Morgan fingerprint density at radius 1 is 0.571 bits per heavy atom. The summed E-state index contributed by atoms with van der Waals surface area (Å²) in [7, 11) is 1.64. The van der Waals surface area contributed by atoms with Crippen molar-refractivity contribution in [1.82, 2.24) is 0 Å². The van der Waals surface area contributed by atoms with Crippen LogP contribution in [0.5, 0.6) is 0 Å². The number of rotatable bonds is 23. The van der Waals surface area contributed by atoms with Crippen molar-refractivity contribution < 1.29 is 38.0 Å². The van der Waals surface area contributed by atoms with Crippen LogP contribution >= 0.6 is 0 Å².